The summed E-state index contributed by atoms with van der Waals surface area (Å²) in [6, 6.07) is 46.3. The summed E-state index contributed by atoms with van der Waals surface area (Å²) in [5, 5.41) is 5.52. The predicted molar refractivity (Wildman–Crippen MR) is 191 cm³/mol. The molecule has 0 unspecified atom stereocenters. The molecular formula is C42H24F2N4. The topological polar surface area (TPSA) is 35.1 Å². The van der Waals surface area contributed by atoms with E-state index in [0.717, 1.165) is 60.3 Å². The highest BCUT2D eigenvalue weighted by atomic mass is 19.1. The van der Waals surface area contributed by atoms with Crippen molar-refractivity contribution < 1.29 is 8.78 Å². The predicted octanol–water partition coefficient (Wildman–Crippen LogP) is 10.9. The maximum absolute atomic E-state index is 14.5. The van der Waals surface area contributed by atoms with Crippen molar-refractivity contribution in [3.8, 4) is 28.2 Å². The molecule has 0 aliphatic rings. The fourth-order valence-electron chi connectivity index (χ4n) is 7.28. The molecule has 0 spiro atoms. The standard InChI is InChI=1S/C42H24F2N4/c43-28-11-7-9-25(19-28)27-21-35(26-10-8-12-29(44)20-26)45-41(22-27)47-37-17-5-4-15-32(37)34-23-36-40(24-39(34)47)48-38-18-6-3-14-31(38)30-13-1-2-16-33(30)42(48)46-36/h1-24H. The van der Waals surface area contributed by atoms with Gasteiger partial charge in [0, 0.05) is 27.1 Å². The molecule has 4 nitrogen and oxygen atoms in total. The minimum Gasteiger partial charge on any atom is -0.294 e. The molecule has 0 bridgehead atoms. The van der Waals surface area contributed by atoms with Crippen LogP contribution in [0.25, 0.3) is 88.4 Å². The maximum Gasteiger partial charge on any atom is 0.146 e. The second-order valence-corrected chi connectivity index (χ2v) is 12.2. The smallest absolute Gasteiger partial charge is 0.146 e. The number of imidazole rings is 1. The summed E-state index contributed by atoms with van der Waals surface area (Å²) >= 11 is 0. The van der Waals surface area contributed by atoms with E-state index in [2.05, 4.69) is 81.8 Å². The first-order valence-electron chi connectivity index (χ1n) is 15.8. The number of aromatic nitrogens is 4. The number of fused-ring (bicyclic) bond motifs is 11. The SMILES string of the molecule is Fc1cccc(-c2cc(-c3cccc(F)c3)nc(-n3c4ccccc4c4cc5nc6c7ccccc7c7ccccc7n6c5cc43)c2)c1. The summed E-state index contributed by atoms with van der Waals surface area (Å²) in [6.45, 7) is 0. The molecular weight excluding hydrogens is 598 g/mol. The van der Waals surface area contributed by atoms with Gasteiger partial charge in [-0.2, -0.15) is 0 Å². The lowest BCUT2D eigenvalue weighted by atomic mass is 10.0. The Morgan fingerprint density at radius 1 is 0.417 bits per heavy atom. The van der Waals surface area contributed by atoms with E-state index in [1.54, 1.807) is 12.1 Å². The number of rotatable bonds is 3. The van der Waals surface area contributed by atoms with E-state index in [-0.39, 0.29) is 11.6 Å². The van der Waals surface area contributed by atoms with Gasteiger partial charge in [0.25, 0.3) is 0 Å². The fraction of sp³-hybridized carbons (Fsp3) is 0. The van der Waals surface area contributed by atoms with Gasteiger partial charge in [-0.1, -0.05) is 84.9 Å². The number of hydrogen-bond donors (Lipinski definition) is 0. The molecule has 0 aliphatic heterocycles. The van der Waals surface area contributed by atoms with Crippen molar-refractivity contribution in [2.24, 2.45) is 0 Å². The summed E-state index contributed by atoms with van der Waals surface area (Å²) in [5.41, 5.74) is 8.50. The average Bonchev–Trinajstić information content (AvgIpc) is 3.66. The van der Waals surface area contributed by atoms with Crippen molar-refractivity contribution in [3.05, 3.63) is 157 Å². The molecule has 0 saturated heterocycles. The molecule has 0 radical (unpaired) electrons. The van der Waals surface area contributed by atoms with Crippen LogP contribution in [0.15, 0.2) is 146 Å². The molecule has 0 saturated carbocycles. The normalized spacial score (nSPS) is 12.0. The summed E-state index contributed by atoms with van der Waals surface area (Å²) < 4.78 is 33.4. The highest BCUT2D eigenvalue weighted by Gasteiger charge is 2.20. The molecule has 10 aromatic rings. The van der Waals surface area contributed by atoms with Crippen molar-refractivity contribution in [3.63, 3.8) is 0 Å². The van der Waals surface area contributed by atoms with Gasteiger partial charge >= 0.3 is 0 Å². The largest absolute Gasteiger partial charge is 0.294 e. The molecule has 6 heteroatoms. The number of pyridine rings is 2. The highest BCUT2D eigenvalue weighted by Crippen LogP contribution is 2.39. The Labute approximate surface area is 272 Å². The van der Waals surface area contributed by atoms with E-state index < -0.39 is 0 Å². The first-order valence-corrected chi connectivity index (χ1v) is 15.8. The molecule has 48 heavy (non-hydrogen) atoms. The Morgan fingerprint density at radius 3 is 1.83 bits per heavy atom. The lowest BCUT2D eigenvalue weighted by Crippen LogP contribution is -2.00. The molecule has 0 aliphatic carbocycles. The maximum atomic E-state index is 14.5. The van der Waals surface area contributed by atoms with Crippen molar-refractivity contribution in [2.75, 3.05) is 0 Å². The monoisotopic (exact) mass is 622 g/mol. The van der Waals surface area contributed by atoms with Gasteiger partial charge in [0.15, 0.2) is 0 Å². The van der Waals surface area contributed by atoms with E-state index >= 15 is 0 Å². The molecule has 0 fully saturated rings. The van der Waals surface area contributed by atoms with Crippen LogP contribution in [0.5, 0.6) is 0 Å². The lowest BCUT2D eigenvalue weighted by Gasteiger charge is -2.13. The Hall–Kier alpha value is -6.40. The molecule has 4 aromatic heterocycles. The Morgan fingerprint density at radius 2 is 1.06 bits per heavy atom. The van der Waals surface area contributed by atoms with Gasteiger partial charge in [-0.3, -0.25) is 8.97 Å². The second kappa shape index (κ2) is 10.0. The van der Waals surface area contributed by atoms with Crippen molar-refractivity contribution in [2.45, 2.75) is 0 Å². The third kappa shape index (κ3) is 3.93. The van der Waals surface area contributed by atoms with E-state index in [0.29, 0.717) is 22.6 Å². The van der Waals surface area contributed by atoms with Gasteiger partial charge in [0.05, 0.1) is 33.3 Å². The summed E-state index contributed by atoms with van der Waals surface area (Å²) in [7, 11) is 0. The lowest BCUT2D eigenvalue weighted by molar-refractivity contribution is 0.628. The van der Waals surface area contributed by atoms with E-state index in [1.807, 2.05) is 36.4 Å². The van der Waals surface area contributed by atoms with Gasteiger partial charge in [-0.15, -0.1) is 0 Å². The number of nitrogens with zero attached hydrogens (tertiary/aromatic N) is 4. The summed E-state index contributed by atoms with van der Waals surface area (Å²) in [5.74, 6) is -0.0332. The molecule has 226 valence electrons. The Balaban J connectivity index is 1.34. The van der Waals surface area contributed by atoms with Crippen LogP contribution in [-0.2, 0) is 0 Å². The van der Waals surface area contributed by atoms with Crippen molar-refractivity contribution >= 4 is 60.2 Å². The third-order valence-electron chi connectivity index (χ3n) is 9.37. The zero-order valence-electron chi connectivity index (χ0n) is 25.4. The zero-order valence-corrected chi connectivity index (χ0v) is 25.4. The number of benzene rings is 6. The van der Waals surface area contributed by atoms with Crippen LogP contribution in [-0.4, -0.2) is 18.9 Å². The van der Waals surface area contributed by atoms with Crippen LogP contribution in [0.3, 0.4) is 0 Å². The summed E-state index contributed by atoms with van der Waals surface area (Å²) in [4.78, 5) is 10.4. The Kier molecular flexibility index (Phi) is 5.61. The van der Waals surface area contributed by atoms with Crippen LogP contribution in [0.2, 0.25) is 0 Å². The first-order chi connectivity index (χ1) is 23.6. The minimum atomic E-state index is -0.348. The molecule has 4 heterocycles. The van der Waals surface area contributed by atoms with Crippen LogP contribution in [0.4, 0.5) is 8.78 Å². The first kappa shape index (κ1) is 26.8. The molecule has 10 rings (SSSR count). The van der Waals surface area contributed by atoms with E-state index in [1.165, 1.54) is 29.7 Å². The highest BCUT2D eigenvalue weighted by molar-refractivity contribution is 6.17. The van der Waals surface area contributed by atoms with Gasteiger partial charge < -0.3 is 0 Å². The molecule has 0 atom stereocenters. The third-order valence-corrected chi connectivity index (χ3v) is 9.37. The van der Waals surface area contributed by atoms with E-state index in [9.17, 15) is 8.78 Å². The quantitative estimate of drug-likeness (QED) is 0.184. The summed E-state index contributed by atoms with van der Waals surface area (Å²) in [6.07, 6.45) is 0. The van der Waals surface area contributed by atoms with Crippen molar-refractivity contribution in [1.82, 2.24) is 18.9 Å². The van der Waals surface area contributed by atoms with Crippen LogP contribution in [0, 0.1) is 11.6 Å². The molecule has 0 amide bonds. The van der Waals surface area contributed by atoms with Crippen LogP contribution in [0.1, 0.15) is 0 Å². The van der Waals surface area contributed by atoms with Gasteiger partial charge in [-0.05, 0) is 77.2 Å². The van der Waals surface area contributed by atoms with E-state index in [4.69, 9.17) is 9.97 Å². The molecule has 0 N–H and O–H groups in total. The number of hydrogen-bond acceptors (Lipinski definition) is 2. The zero-order chi connectivity index (χ0) is 31.9. The van der Waals surface area contributed by atoms with Gasteiger partial charge in [0.1, 0.15) is 23.1 Å². The van der Waals surface area contributed by atoms with Crippen LogP contribution >= 0.6 is 0 Å². The van der Waals surface area contributed by atoms with Gasteiger partial charge in [-0.25, -0.2) is 18.7 Å². The number of para-hydroxylation sites is 2. The second-order valence-electron chi connectivity index (χ2n) is 12.2. The van der Waals surface area contributed by atoms with Gasteiger partial charge in [0.2, 0.25) is 0 Å². The Bertz CT molecular complexity index is 2870. The fourth-order valence-corrected chi connectivity index (χ4v) is 7.28. The van der Waals surface area contributed by atoms with Crippen LogP contribution < -0.4 is 0 Å². The minimum absolute atomic E-state index is 0.329. The average molecular weight is 623 g/mol. The number of halogens is 2. The van der Waals surface area contributed by atoms with Crippen molar-refractivity contribution in [1.29, 1.82) is 0 Å². The molecule has 6 aromatic carbocycles.